The zero-order valence-corrected chi connectivity index (χ0v) is 16.6. The fourth-order valence-electron chi connectivity index (χ4n) is 2.86. The molecule has 2 aromatic carbocycles. The highest BCUT2D eigenvalue weighted by Gasteiger charge is 2.21. The number of anilines is 1. The van der Waals surface area contributed by atoms with Crippen LogP contribution in [0.3, 0.4) is 0 Å². The summed E-state index contributed by atoms with van der Waals surface area (Å²) < 4.78 is 1.42. The molecule has 29 heavy (non-hydrogen) atoms. The number of nitrogens with one attached hydrogen (secondary N) is 1. The average Bonchev–Trinajstić information content (AvgIpc) is 3.08. The molecule has 0 aliphatic rings. The zero-order valence-electron chi connectivity index (χ0n) is 15.9. The van der Waals surface area contributed by atoms with E-state index < -0.39 is 5.91 Å². The van der Waals surface area contributed by atoms with Crippen LogP contribution in [0.2, 0.25) is 5.02 Å². The van der Waals surface area contributed by atoms with Crippen molar-refractivity contribution in [3.05, 3.63) is 82.5 Å². The van der Waals surface area contributed by atoms with E-state index in [2.05, 4.69) is 10.4 Å². The van der Waals surface area contributed by atoms with E-state index in [9.17, 15) is 14.7 Å². The van der Waals surface area contributed by atoms with E-state index in [0.29, 0.717) is 22.9 Å². The Hall–Kier alpha value is -3.16. The second-order valence-corrected chi connectivity index (χ2v) is 6.82. The SMILES string of the molecule is Cn1nc(C(=O)N(CCO)Cc2ccccc2)cc1NC(=O)c1ccccc1Cl. The number of benzene rings is 2. The van der Waals surface area contributed by atoms with E-state index in [1.807, 2.05) is 30.3 Å². The quantitative estimate of drug-likeness (QED) is 0.624. The Bertz CT molecular complexity index is 1000. The summed E-state index contributed by atoms with van der Waals surface area (Å²) in [7, 11) is 1.63. The molecule has 0 saturated carbocycles. The molecule has 8 heteroatoms. The number of halogens is 1. The van der Waals surface area contributed by atoms with Crippen molar-refractivity contribution in [2.75, 3.05) is 18.5 Å². The van der Waals surface area contributed by atoms with Crippen LogP contribution in [0.1, 0.15) is 26.4 Å². The first-order chi connectivity index (χ1) is 14.0. The molecule has 0 aliphatic heterocycles. The first kappa shape index (κ1) is 20.6. The molecular formula is C21H21ClN4O3. The van der Waals surface area contributed by atoms with Crippen LogP contribution in [0, 0.1) is 0 Å². The van der Waals surface area contributed by atoms with E-state index in [4.69, 9.17) is 11.6 Å². The summed E-state index contributed by atoms with van der Waals surface area (Å²) in [5, 5.41) is 16.6. The highest BCUT2D eigenvalue weighted by molar-refractivity contribution is 6.34. The second-order valence-electron chi connectivity index (χ2n) is 6.41. The monoisotopic (exact) mass is 412 g/mol. The molecule has 3 rings (SSSR count). The number of carbonyl (C=O) groups excluding carboxylic acids is 2. The Kier molecular flexibility index (Phi) is 6.64. The molecule has 0 atom stereocenters. The minimum absolute atomic E-state index is 0.165. The van der Waals surface area contributed by atoms with Gasteiger partial charge in [0.1, 0.15) is 5.82 Å². The first-order valence-corrected chi connectivity index (χ1v) is 9.41. The molecule has 0 aliphatic carbocycles. The number of aliphatic hydroxyl groups is 1. The third-order valence-corrected chi connectivity index (χ3v) is 4.66. The molecule has 2 amide bonds. The van der Waals surface area contributed by atoms with Crippen molar-refractivity contribution in [2.45, 2.75) is 6.54 Å². The Labute approximate surface area is 173 Å². The summed E-state index contributed by atoms with van der Waals surface area (Å²) in [4.78, 5) is 26.9. The highest BCUT2D eigenvalue weighted by atomic mass is 35.5. The van der Waals surface area contributed by atoms with Crippen LogP contribution in [0.15, 0.2) is 60.7 Å². The summed E-state index contributed by atoms with van der Waals surface area (Å²) in [5.41, 5.74) is 1.44. The van der Waals surface area contributed by atoms with E-state index in [-0.39, 0.29) is 24.8 Å². The van der Waals surface area contributed by atoms with E-state index in [0.717, 1.165) is 5.56 Å². The van der Waals surface area contributed by atoms with Gasteiger partial charge in [-0.2, -0.15) is 5.10 Å². The first-order valence-electron chi connectivity index (χ1n) is 9.03. The third-order valence-electron chi connectivity index (χ3n) is 4.33. The van der Waals surface area contributed by atoms with Gasteiger partial charge in [-0.25, -0.2) is 0 Å². The van der Waals surface area contributed by atoms with Crippen LogP contribution in [0.5, 0.6) is 0 Å². The van der Waals surface area contributed by atoms with Crippen LogP contribution < -0.4 is 5.32 Å². The number of aromatic nitrogens is 2. The van der Waals surface area contributed by atoms with Crippen molar-refractivity contribution in [1.29, 1.82) is 0 Å². The maximum absolute atomic E-state index is 12.9. The summed E-state index contributed by atoms with van der Waals surface area (Å²) in [6.07, 6.45) is 0. The summed E-state index contributed by atoms with van der Waals surface area (Å²) >= 11 is 6.07. The van der Waals surface area contributed by atoms with E-state index in [1.54, 1.807) is 31.3 Å². The summed E-state index contributed by atoms with van der Waals surface area (Å²) in [5.74, 6) is -0.368. The molecule has 0 saturated heterocycles. The number of rotatable bonds is 7. The molecule has 1 aromatic heterocycles. The fourth-order valence-corrected chi connectivity index (χ4v) is 3.08. The second kappa shape index (κ2) is 9.36. The topological polar surface area (TPSA) is 87.5 Å². The smallest absolute Gasteiger partial charge is 0.274 e. The number of nitrogens with zero attached hydrogens (tertiary/aromatic N) is 3. The lowest BCUT2D eigenvalue weighted by molar-refractivity contribution is 0.0701. The predicted molar refractivity (Wildman–Crippen MR) is 111 cm³/mol. The van der Waals surface area contributed by atoms with Gasteiger partial charge in [-0.3, -0.25) is 14.3 Å². The maximum Gasteiger partial charge on any atom is 0.274 e. The zero-order chi connectivity index (χ0) is 20.8. The van der Waals surface area contributed by atoms with Gasteiger partial charge in [0.05, 0.1) is 17.2 Å². The lowest BCUT2D eigenvalue weighted by atomic mass is 10.2. The van der Waals surface area contributed by atoms with Crippen LogP contribution in [0.4, 0.5) is 5.82 Å². The number of hydrogen-bond donors (Lipinski definition) is 2. The number of aryl methyl sites for hydroxylation is 1. The van der Waals surface area contributed by atoms with Gasteiger partial charge in [0.15, 0.2) is 5.69 Å². The fraction of sp³-hybridized carbons (Fsp3) is 0.190. The number of amides is 2. The lowest BCUT2D eigenvalue weighted by Gasteiger charge is -2.20. The van der Waals surface area contributed by atoms with Gasteiger partial charge in [-0.1, -0.05) is 54.1 Å². The van der Waals surface area contributed by atoms with Crippen LogP contribution in [0.25, 0.3) is 0 Å². The molecule has 7 nitrogen and oxygen atoms in total. The van der Waals surface area contributed by atoms with Gasteiger partial charge < -0.3 is 15.3 Å². The van der Waals surface area contributed by atoms with Gasteiger partial charge in [-0.15, -0.1) is 0 Å². The molecule has 2 N–H and O–H groups in total. The standard InChI is InChI=1S/C21H21ClN4O3/c1-25-19(23-20(28)16-9-5-6-10-17(16)22)13-18(24-25)21(29)26(11-12-27)14-15-7-3-2-4-8-15/h2-10,13,27H,11-12,14H2,1H3,(H,23,28). The largest absolute Gasteiger partial charge is 0.395 e. The van der Waals surface area contributed by atoms with Gasteiger partial charge in [0.25, 0.3) is 11.8 Å². The van der Waals surface area contributed by atoms with Gasteiger partial charge in [0.2, 0.25) is 0 Å². The third kappa shape index (κ3) is 5.01. The van der Waals surface area contributed by atoms with Crippen molar-refractivity contribution in [2.24, 2.45) is 7.05 Å². The minimum Gasteiger partial charge on any atom is -0.395 e. The number of carbonyl (C=O) groups is 2. The summed E-state index contributed by atoms with van der Waals surface area (Å²) in [6.45, 7) is 0.352. The number of aliphatic hydroxyl groups excluding tert-OH is 1. The van der Waals surface area contributed by atoms with Crippen molar-refractivity contribution >= 4 is 29.2 Å². The molecule has 150 valence electrons. The molecule has 3 aromatic rings. The molecule has 0 unspecified atom stereocenters. The molecule has 0 spiro atoms. The van der Waals surface area contributed by atoms with Crippen LogP contribution in [-0.2, 0) is 13.6 Å². The summed E-state index contributed by atoms with van der Waals surface area (Å²) in [6, 6.07) is 17.7. The van der Waals surface area contributed by atoms with Crippen LogP contribution in [-0.4, -0.2) is 44.8 Å². The average molecular weight is 413 g/mol. The lowest BCUT2D eigenvalue weighted by Crippen LogP contribution is -2.33. The molecule has 1 heterocycles. The Morgan fingerprint density at radius 3 is 2.52 bits per heavy atom. The normalized spacial score (nSPS) is 10.6. The van der Waals surface area contributed by atoms with Crippen molar-refractivity contribution in [1.82, 2.24) is 14.7 Å². The predicted octanol–water partition coefficient (Wildman–Crippen LogP) is 2.96. The molecular weight excluding hydrogens is 392 g/mol. The Morgan fingerprint density at radius 2 is 1.83 bits per heavy atom. The van der Waals surface area contributed by atoms with Gasteiger partial charge >= 0.3 is 0 Å². The van der Waals surface area contributed by atoms with E-state index in [1.165, 1.54) is 15.6 Å². The minimum atomic E-state index is -0.394. The van der Waals surface area contributed by atoms with Gasteiger partial charge in [0, 0.05) is 26.2 Å². The Morgan fingerprint density at radius 1 is 1.14 bits per heavy atom. The molecule has 0 bridgehead atoms. The van der Waals surface area contributed by atoms with Crippen LogP contribution >= 0.6 is 11.6 Å². The number of hydrogen-bond acceptors (Lipinski definition) is 4. The molecule has 0 radical (unpaired) electrons. The maximum atomic E-state index is 12.9. The van der Waals surface area contributed by atoms with E-state index >= 15 is 0 Å². The molecule has 0 fully saturated rings. The Balaban J connectivity index is 1.77. The van der Waals surface area contributed by atoms with Crippen molar-refractivity contribution in [3.63, 3.8) is 0 Å². The highest BCUT2D eigenvalue weighted by Crippen LogP contribution is 2.18. The van der Waals surface area contributed by atoms with Crippen molar-refractivity contribution < 1.29 is 14.7 Å². The van der Waals surface area contributed by atoms with Gasteiger partial charge in [-0.05, 0) is 17.7 Å². The van der Waals surface area contributed by atoms with Crippen molar-refractivity contribution in [3.8, 4) is 0 Å².